The third-order valence-electron chi connectivity index (χ3n) is 22.0. The first-order chi connectivity index (χ1) is 56.8. The number of rotatable bonds is 13. The molecular weight excluding hydrogens is 1400 g/mol. The average Bonchev–Trinajstić information content (AvgIpc) is 1.17. The van der Waals surface area contributed by atoms with Crippen LogP contribution in [0.5, 0.6) is 0 Å². The van der Waals surface area contributed by atoms with Crippen molar-refractivity contribution in [3.05, 3.63) is 418 Å². The smallest absolute Gasteiger partial charge is 0.160 e. The first kappa shape index (κ1) is 69.0. The van der Waals surface area contributed by atoms with Gasteiger partial charge in [0.05, 0.1) is 56.2 Å². The molecule has 16 aromatic carbocycles. The highest BCUT2D eigenvalue weighted by Crippen LogP contribution is 2.44. The zero-order valence-corrected chi connectivity index (χ0v) is 63.3. The Labute approximate surface area is 667 Å². The highest BCUT2D eigenvalue weighted by molar-refractivity contribution is 6.19. The van der Waals surface area contributed by atoms with Crippen molar-refractivity contribution >= 4 is 65.2 Å². The Morgan fingerprint density at radius 2 is 0.504 bits per heavy atom. The van der Waals surface area contributed by atoms with Crippen LogP contribution in [0.15, 0.2) is 406 Å². The minimum atomic E-state index is 0.690. The molecule has 0 amide bonds. The minimum Gasteiger partial charge on any atom is -0.309 e. The SMILES string of the molecule is Cc1ccc(-c2cc(-c3ccc(-c4cccc(-c5cccc6c(-c7ccccc7)nc7ccccc7c56)c4)cc3)nc(-c3ccc(C)cc3)n2)cc1.c1ccc(-c2nc(-c3ccc(-c4cccc(-c5cccc6c(-c7ccccc7)nc7ccccc7c56)c4)cc3)cc(-c3cccc(-n4c5ccccc5c5ccccc54)c3)n2)cc1. The van der Waals surface area contributed by atoms with Crippen molar-refractivity contribution in [3.63, 3.8) is 0 Å². The van der Waals surface area contributed by atoms with Crippen LogP contribution in [0.25, 0.3) is 206 Å². The summed E-state index contributed by atoms with van der Waals surface area (Å²) >= 11 is 0. The van der Waals surface area contributed by atoms with Gasteiger partial charge in [-0.05, 0) is 119 Å². The van der Waals surface area contributed by atoms with Gasteiger partial charge in [0.15, 0.2) is 11.6 Å². The maximum absolute atomic E-state index is 5.19. The van der Waals surface area contributed by atoms with Crippen LogP contribution < -0.4 is 0 Å². The molecule has 0 saturated heterocycles. The van der Waals surface area contributed by atoms with E-state index in [4.69, 9.17) is 29.9 Å². The number of para-hydroxylation sites is 4. The van der Waals surface area contributed by atoms with E-state index in [9.17, 15) is 0 Å². The van der Waals surface area contributed by atoms with E-state index in [-0.39, 0.29) is 0 Å². The molecule has 5 heterocycles. The van der Waals surface area contributed by atoms with Crippen LogP contribution in [0, 0.1) is 13.8 Å². The molecule has 5 aromatic heterocycles. The van der Waals surface area contributed by atoms with E-state index >= 15 is 0 Å². The van der Waals surface area contributed by atoms with Gasteiger partial charge in [-0.2, -0.15) is 0 Å². The highest BCUT2D eigenvalue weighted by atomic mass is 15.0. The number of fused-ring (bicyclic) bond motifs is 9. The summed E-state index contributed by atoms with van der Waals surface area (Å²) in [4.78, 5) is 30.8. The molecule has 0 aliphatic heterocycles. The number of aromatic nitrogens is 7. The molecule has 21 rings (SSSR count). The molecule has 0 saturated carbocycles. The van der Waals surface area contributed by atoms with Gasteiger partial charge in [0.25, 0.3) is 0 Å². The van der Waals surface area contributed by atoms with Crippen molar-refractivity contribution in [2.24, 2.45) is 0 Å². The second-order valence-corrected chi connectivity index (χ2v) is 29.4. The quantitative estimate of drug-likeness (QED) is 0.107. The molecular formula is C108H73N7. The second-order valence-electron chi connectivity index (χ2n) is 29.4. The van der Waals surface area contributed by atoms with Gasteiger partial charge in [-0.3, -0.25) is 0 Å². The Hall–Kier alpha value is -15.2. The summed E-state index contributed by atoms with van der Waals surface area (Å²) in [6.45, 7) is 4.20. The summed E-state index contributed by atoms with van der Waals surface area (Å²) in [6.07, 6.45) is 0. The lowest BCUT2D eigenvalue weighted by Crippen LogP contribution is -1.97. The molecule has 0 aliphatic rings. The van der Waals surface area contributed by atoms with E-state index in [1.165, 1.54) is 60.4 Å². The summed E-state index contributed by atoms with van der Waals surface area (Å²) in [5.74, 6) is 1.41. The third-order valence-corrected chi connectivity index (χ3v) is 22.0. The molecule has 0 atom stereocenters. The number of aryl methyl sites for hydroxylation is 2. The summed E-state index contributed by atoms with van der Waals surface area (Å²) in [7, 11) is 0. The number of benzene rings is 16. The molecule has 21 aromatic rings. The van der Waals surface area contributed by atoms with E-state index in [2.05, 4.69) is 407 Å². The fourth-order valence-electron chi connectivity index (χ4n) is 16.3. The molecule has 115 heavy (non-hydrogen) atoms. The predicted molar refractivity (Wildman–Crippen MR) is 479 cm³/mol. The lowest BCUT2D eigenvalue weighted by Gasteiger charge is -2.15. The lowest BCUT2D eigenvalue weighted by molar-refractivity contribution is 1.16. The molecule has 0 unspecified atom stereocenters. The monoisotopic (exact) mass is 1470 g/mol. The van der Waals surface area contributed by atoms with Crippen LogP contribution in [0.3, 0.4) is 0 Å². The highest BCUT2D eigenvalue weighted by Gasteiger charge is 2.21. The number of nitrogens with zero attached hydrogens (tertiary/aromatic N) is 7. The molecule has 0 spiro atoms. The summed E-state index contributed by atoms with van der Waals surface area (Å²) in [6, 6.07) is 144. The Bertz CT molecular complexity index is 7130. The lowest BCUT2D eigenvalue weighted by atomic mass is 9.91. The standard InChI is InChI=1S/C59H38N4.C49H35N3/c1-3-16-41(17-4-1)58-51-28-15-27-47(57(51)50-26-7-10-29-52(50)60-58)44-21-13-20-43(36-44)39-32-34-40(35-33-39)53-38-54(62-59(61-53)42-18-5-2-6-19-42)45-22-14-23-46(37-45)63-55-30-11-8-24-48(55)49-25-9-12-31-56(49)63;1-32-18-22-35(23-19-32)45-31-46(52-49(51-45)38-24-20-33(2)21-25-38)36-28-26-34(27-29-36)39-12-8-13-40(30-39)41-15-9-16-43-47(41)42-14-6-7-17-44(42)50-48(43)37-10-4-3-5-11-37/h1-38H;3-31H,1-2H3. The molecule has 0 fully saturated rings. The topological polar surface area (TPSA) is 82.3 Å². The largest absolute Gasteiger partial charge is 0.309 e. The van der Waals surface area contributed by atoms with Gasteiger partial charge in [0.2, 0.25) is 0 Å². The zero-order chi connectivity index (χ0) is 76.7. The third kappa shape index (κ3) is 13.4. The van der Waals surface area contributed by atoms with E-state index in [0.29, 0.717) is 5.82 Å². The number of pyridine rings is 2. The normalized spacial score (nSPS) is 11.4. The fourth-order valence-corrected chi connectivity index (χ4v) is 16.3. The molecule has 0 N–H and O–H groups in total. The Morgan fingerprint density at radius 3 is 0.957 bits per heavy atom. The van der Waals surface area contributed by atoms with E-state index in [1.807, 2.05) is 18.2 Å². The molecule has 7 heteroatoms. The fraction of sp³-hybridized carbons (Fsp3) is 0.0185. The molecule has 7 nitrogen and oxygen atoms in total. The van der Waals surface area contributed by atoms with Gasteiger partial charge in [-0.15, -0.1) is 0 Å². The minimum absolute atomic E-state index is 0.690. The maximum Gasteiger partial charge on any atom is 0.160 e. The predicted octanol–water partition coefficient (Wildman–Crippen LogP) is 28.1. The molecule has 0 radical (unpaired) electrons. The molecule has 540 valence electrons. The van der Waals surface area contributed by atoms with Crippen molar-refractivity contribution in [1.29, 1.82) is 0 Å². The van der Waals surface area contributed by atoms with E-state index in [1.54, 1.807) is 0 Å². The van der Waals surface area contributed by atoms with Crippen LogP contribution in [-0.2, 0) is 0 Å². The molecule has 0 aliphatic carbocycles. The van der Waals surface area contributed by atoms with Gasteiger partial charge in [0.1, 0.15) is 0 Å². The maximum atomic E-state index is 5.19. The van der Waals surface area contributed by atoms with Crippen LogP contribution in [0.1, 0.15) is 11.1 Å². The van der Waals surface area contributed by atoms with Crippen LogP contribution in [0.4, 0.5) is 0 Å². The van der Waals surface area contributed by atoms with Gasteiger partial charge in [0, 0.05) is 93.3 Å². The van der Waals surface area contributed by atoms with E-state index in [0.717, 1.165) is 151 Å². The van der Waals surface area contributed by atoms with Crippen molar-refractivity contribution in [2.75, 3.05) is 0 Å². The van der Waals surface area contributed by atoms with Gasteiger partial charge in [-0.25, -0.2) is 29.9 Å². The van der Waals surface area contributed by atoms with Crippen LogP contribution >= 0.6 is 0 Å². The van der Waals surface area contributed by atoms with Crippen molar-refractivity contribution < 1.29 is 0 Å². The average molecular weight is 1470 g/mol. The van der Waals surface area contributed by atoms with Gasteiger partial charge < -0.3 is 4.57 Å². The van der Waals surface area contributed by atoms with Crippen molar-refractivity contribution in [1.82, 2.24) is 34.5 Å². The van der Waals surface area contributed by atoms with Crippen molar-refractivity contribution in [3.8, 4) is 141 Å². The van der Waals surface area contributed by atoms with Gasteiger partial charge in [-0.1, -0.05) is 357 Å². The Kier molecular flexibility index (Phi) is 18.0. The van der Waals surface area contributed by atoms with Gasteiger partial charge >= 0.3 is 0 Å². The van der Waals surface area contributed by atoms with E-state index < -0.39 is 0 Å². The number of hydrogen-bond acceptors (Lipinski definition) is 6. The summed E-state index contributed by atoms with van der Waals surface area (Å²) < 4.78 is 2.35. The zero-order valence-electron chi connectivity index (χ0n) is 63.3. The van der Waals surface area contributed by atoms with Crippen molar-refractivity contribution in [2.45, 2.75) is 13.8 Å². The van der Waals surface area contributed by atoms with Crippen LogP contribution in [-0.4, -0.2) is 34.5 Å². The first-order valence-corrected chi connectivity index (χ1v) is 39.0. The number of hydrogen-bond donors (Lipinski definition) is 0. The molecule has 0 bridgehead atoms. The Morgan fingerprint density at radius 1 is 0.191 bits per heavy atom. The summed E-state index contributed by atoms with van der Waals surface area (Å²) in [5.41, 5.74) is 31.1. The van der Waals surface area contributed by atoms with Crippen LogP contribution in [0.2, 0.25) is 0 Å². The Balaban J connectivity index is 0.000000152. The second kappa shape index (κ2) is 29.9. The summed E-state index contributed by atoms with van der Waals surface area (Å²) in [5, 5.41) is 9.50. The first-order valence-electron chi connectivity index (χ1n) is 39.0.